The lowest BCUT2D eigenvalue weighted by atomic mass is 10.2. The van der Waals surface area contributed by atoms with Gasteiger partial charge in [0.15, 0.2) is 11.8 Å². The van der Waals surface area contributed by atoms with E-state index in [0.717, 1.165) is 0 Å². The molecule has 10 nitrogen and oxygen atoms in total. The van der Waals surface area contributed by atoms with Gasteiger partial charge in [0.1, 0.15) is 19.0 Å². The van der Waals surface area contributed by atoms with Crippen molar-refractivity contribution in [3.63, 3.8) is 0 Å². The minimum Gasteiger partial charge on any atom is -0.484 e. The maximum absolute atomic E-state index is 13.4. The fourth-order valence-corrected chi connectivity index (χ4v) is 4.37. The summed E-state index contributed by atoms with van der Waals surface area (Å²) in [7, 11) is 1.56. The second-order valence-electron chi connectivity index (χ2n) is 8.14. The largest absolute Gasteiger partial charge is 0.508 e. The van der Waals surface area contributed by atoms with Gasteiger partial charge in [-0.05, 0) is 32.0 Å². The van der Waals surface area contributed by atoms with Crippen LogP contribution in [0.3, 0.4) is 0 Å². The van der Waals surface area contributed by atoms with Crippen LogP contribution in [0.5, 0.6) is 5.75 Å². The molecule has 3 rings (SSSR count). The Hall–Kier alpha value is -3.52. The van der Waals surface area contributed by atoms with E-state index in [4.69, 9.17) is 18.9 Å². The van der Waals surface area contributed by atoms with Crippen molar-refractivity contribution in [3.05, 3.63) is 47.8 Å². The van der Waals surface area contributed by atoms with E-state index in [9.17, 15) is 22.8 Å². The van der Waals surface area contributed by atoms with E-state index >= 15 is 0 Å². The zero-order valence-corrected chi connectivity index (χ0v) is 22.5. The zero-order chi connectivity index (χ0) is 28.4. The number of para-hydroxylation sites is 2. The molecule has 2 aromatic heterocycles. The highest BCUT2D eigenvalue weighted by molar-refractivity contribution is 7.98. The Kier molecular flexibility index (Phi) is 10.8. The molecule has 0 unspecified atom stereocenters. The van der Waals surface area contributed by atoms with Crippen molar-refractivity contribution in [2.45, 2.75) is 30.9 Å². The molecule has 2 heterocycles. The highest BCUT2D eigenvalue weighted by Crippen LogP contribution is 2.30. The van der Waals surface area contributed by atoms with Crippen LogP contribution in [0.1, 0.15) is 18.2 Å². The summed E-state index contributed by atoms with van der Waals surface area (Å²) < 4.78 is 59.1. The van der Waals surface area contributed by atoms with Gasteiger partial charge < -0.3 is 23.8 Å². The molecule has 0 fully saturated rings. The number of hydrogen-bond donors (Lipinski definition) is 0. The Morgan fingerprint density at radius 3 is 2.59 bits per heavy atom. The Morgan fingerprint density at radius 2 is 1.85 bits per heavy atom. The van der Waals surface area contributed by atoms with Crippen LogP contribution in [0.25, 0.3) is 11.0 Å². The average Bonchev–Trinajstić information content (AvgIpc) is 3.27. The fourth-order valence-electron chi connectivity index (χ4n) is 3.34. The summed E-state index contributed by atoms with van der Waals surface area (Å²) in [5.41, 5.74) is 2.11. The molecule has 0 bridgehead atoms. The molecule has 0 radical (unpaired) electrons. The van der Waals surface area contributed by atoms with Crippen LogP contribution >= 0.6 is 11.8 Å². The molecule has 39 heavy (non-hydrogen) atoms. The number of rotatable bonds is 12. The smallest absolute Gasteiger partial charge is 0.484 e. The van der Waals surface area contributed by atoms with Gasteiger partial charge in [-0.25, -0.2) is 19.1 Å². The molecule has 0 aliphatic heterocycles. The number of ether oxygens (including phenoxy) is 4. The van der Waals surface area contributed by atoms with Crippen LogP contribution in [-0.4, -0.2) is 84.4 Å². The van der Waals surface area contributed by atoms with Gasteiger partial charge in [-0.3, -0.25) is 4.98 Å². The van der Waals surface area contributed by atoms with E-state index in [1.54, 1.807) is 38.2 Å². The van der Waals surface area contributed by atoms with E-state index in [0.29, 0.717) is 34.1 Å². The number of alkyl halides is 3. The number of carbonyl (C=O) groups is 2. The summed E-state index contributed by atoms with van der Waals surface area (Å²) in [6.45, 7) is 2.88. The lowest BCUT2D eigenvalue weighted by Crippen LogP contribution is -2.34. The summed E-state index contributed by atoms with van der Waals surface area (Å²) in [6, 6.07) is 8.04. The Labute approximate surface area is 227 Å². The van der Waals surface area contributed by atoms with Crippen molar-refractivity contribution in [2.24, 2.45) is 0 Å². The molecular formula is C25H29F3N4O6S. The standard InChI is InChI=1S/C25H29F3N4O6S/c1-4-35-13-14-37-24(34)36-12-11-31(3)23(33)32-20-8-6-5-7-18(20)30-22(32)39-15-19-17(2)21(9-10-29-19)38-16-25(26,27)28/h5-10H,4,11-16H2,1-3H3. The highest BCUT2D eigenvalue weighted by Gasteiger charge is 2.29. The van der Waals surface area contributed by atoms with Crippen LogP contribution in [0.4, 0.5) is 22.8 Å². The molecule has 3 aromatic rings. The molecular weight excluding hydrogens is 541 g/mol. The minimum atomic E-state index is -4.46. The lowest BCUT2D eigenvalue weighted by molar-refractivity contribution is -0.153. The Balaban J connectivity index is 1.68. The first-order valence-electron chi connectivity index (χ1n) is 12.0. The van der Waals surface area contributed by atoms with Crippen LogP contribution < -0.4 is 4.74 Å². The van der Waals surface area contributed by atoms with Gasteiger partial charge in [0.2, 0.25) is 0 Å². The number of halogens is 3. The van der Waals surface area contributed by atoms with Crippen LogP contribution in [0.15, 0.2) is 41.7 Å². The Bertz CT molecular complexity index is 1270. The first-order chi connectivity index (χ1) is 18.6. The van der Waals surface area contributed by atoms with Crippen molar-refractivity contribution >= 4 is 35.0 Å². The Morgan fingerprint density at radius 1 is 1.10 bits per heavy atom. The second kappa shape index (κ2) is 14.0. The number of carbonyl (C=O) groups excluding carboxylic acids is 2. The number of amides is 1. The van der Waals surface area contributed by atoms with E-state index in [-0.39, 0.29) is 37.9 Å². The minimum absolute atomic E-state index is 0.0642. The van der Waals surface area contributed by atoms with Crippen LogP contribution in [0, 0.1) is 6.92 Å². The molecule has 212 valence electrons. The highest BCUT2D eigenvalue weighted by atomic mass is 32.2. The molecule has 1 aromatic carbocycles. The van der Waals surface area contributed by atoms with Crippen molar-refractivity contribution in [1.82, 2.24) is 19.4 Å². The number of nitrogens with zero attached hydrogens (tertiary/aromatic N) is 4. The number of thioether (sulfide) groups is 1. The van der Waals surface area contributed by atoms with E-state index in [2.05, 4.69) is 9.97 Å². The summed E-state index contributed by atoms with van der Waals surface area (Å²) in [4.78, 5) is 35.3. The molecule has 0 saturated heterocycles. The molecule has 14 heteroatoms. The van der Waals surface area contributed by atoms with Crippen molar-refractivity contribution in [2.75, 3.05) is 46.6 Å². The summed E-state index contributed by atoms with van der Waals surface area (Å²) in [5, 5.41) is 0.368. The van der Waals surface area contributed by atoms with Gasteiger partial charge >= 0.3 is 18.4 Å². The number of aromatic nitrogens is 3. The quantitative estimate of drug-likeness (QED) is 0.168. The van der Waals surface area contributed by atoms with Crippen molar-refractivity contribution in [1.29, 1.82) is 0 Å². The number of benzene rings is 1. The predicted molar refractivity (Wildman–Crippen MR) is 137 cm³/mol. The summed E-state index contributed by atoms with van der Waals surface area (Å²) in [6.07, 6.45) is -3.95. The topological polar surface area (TPSA) is 105 Å². The number of imidazole rings is 1. The lowest BCUT2D eigenvalue weighted by Gasteiger charge is -2.19. The molecule has 0 aliphatic rings. The maximum atomic E-state index is 13.4. The van der Waals surface area contributed by atoms with E-state index < -0.39 is 25.0 Å². The van der Waals surface area contributed by atoms with Gasteiger partial charge in [-0.15, -0.1) is 0 Å². The fraction of sp³-hybridized carbons (Fsp3) is 0.440. The molecule has 0 atom stereocenters. The van der Waals surface area contributed by atoms with Crippen LogP contribution in [-0.2, 0) is 20.0 Å². The number of hydrogen-bond acceptors (Lipinski definition) is 9. The van der Waals surface area contributed by atoms with Gasteiger partial charge in [0, 0.05) is 31.2 Å². The summed E-state index contributed by atoms with van der Waals surface area (Å²) >= 11 is 1.21. The molecule has 0 saturated carbocycles. The first-order valence-corrected chi connectivity index (χ1v) is 13.0. The number of likely N-dealkylation sites (N-methyl/N-ethyl adjacent to an activating group) is 1. The van der Waals surface area contributed by atoms with Gasteiger partial charge in [0.25, 0.3) is 0 Å². The molecule has 0 N–H and O–H groups in total. The molecule has 1 amide bonds. The summed E-state index contributed by atoms with van der Waals surface area (Å²) in [5.74, 6) is 0.310. The number of pyridine rings is 1. The maximum Gasteiger partial charge on any atom is 0.508 e. The van der Waals surface area contributed by atoms with Gasteiger partial charge in [0.05, 0.1) is 29.9 Å². The second-order valence-corrected chi connectivity index (χ2v) is 9.08. The zero-order valence-electron chi connectivity index (χ0n) is 21.7. The van der Waals surface area contributed by atoms with Gasteiger partial charge in [-0.1, -0.05) is 23.9 Å². The third-order valence-corrected chi connectivity index (χ3v) is 6.28. The molecule has 0 spiro atoms. The average molecular weight is 571 g/mol. The van der Waals surface area contributed by atoms with E-state index in [1.807, 2.05) is 6.92 Å². The molecule has 0 aliphatic carbocycles. The third kappa shape index (κ3) is 8.75. The monoisotopic (exact) mass is 570 g/mol. The van der Waals surface area contributed by atoms with E-state index in [1.165, 1.54) is 33.5 Å². The normalized spacial score (nSPS) is 11.4. The predicted octanol–water partition coefficient (Wildman–Crippen LogP) is 5.06. The van der Waals surface area contributed by atoms with Gasteiger partial charge in [-0.2, -0.15) is 13.2 Å². The number of fused-ring (bicyclic) bond motifs is 1. The van der Waals surface area contributed by atoms with Crippen LogP contribution in [0.2, 0.25) is 0 Å². The first kappa shape index (κ1) is 30.0. The SMILES string of the molecule is CCOCCOC(=O)OCCN(C)C(=O)n1c(SCc2nccc(OCC(F)(F)F)c2C)nc2ccccc21. The van der Waals surface area contributed by atoms with Crippen molar-refractivity contribution in [3.8, 4) is 5.75 Å². The van der Waals surface area contributed by atoms with Crippen molar-refractivity contribution < 1.29 is 41.7 Å². The third-order valence-electron chi connectivity index (χ3n) is 5.33.